The highest BCUT2D eigenvalue weighted by molar-refractivity contribution is 9.10. The zero-order valence-corrected chi connectivity index (χ0v) is 12.1. The van der Waals surface area contributed by atoms with Gasteiger partial charge in [-0.1, -0.05) is 0 Å². The van der Waals surface area contributed by atoms with Crippen LogP contribution in [-0.4, -0.2) is 15.9 Å². The second kappa shape index (κ2) is 5.80. The zero-order chi connectivity index (χ0) is 15.6. The molecule has 0 aliphatic carbocycles. The number of nitro groups is 1. The van der Waals surface area contributed by atoms with Gasteiger partial charge < -0.3 is 16.2 Å². The van der Waals surface area contributed by atoms with Crippen molar-refractivity contribution in [3.8, 4) is 5.75 Å². The molecule has 4 N–H and O–H groups in total. The first kappa shape index (κ1) is 14.8. The molecule has 2 rings (SSSR count). The number of nitrogens with zero attached hydrogens (tertiary/aromatic N) is 1. The molecule has 108 valence electrons. The number of nitrogens with two attached hydrogens (primary N) is 1. The van der Waals surface area contributed by atoms with Crippen molar-refractivity contribution in [2.24, 2.45) is 0 Å². The van der Waals surface area contributed by atoms with Crippen molar-refractivity contribution in [3.05, 3.63) is 56.5 Å². The van der Waals surface area contributed by atoms with Gasteiger partial charge in [0.15, 0.2) is 0 Å². The summed E-state index contributed by atoms with van der Waals surface area (Å²) in [5.41, 5.74) is 6.12. The number of nitrogen functional groups attached to an aromatic ring is 1. The normalized spacial score (nSPS) is 10.1. The lowest BCUT2D eigenvalue weighted by Gasteiger charge is -2.08. The molecule has 7 nitrogen and oxygen atoms in total. The minimum Gasteiger partial charge on any atom is -0.506 e. The van der Waals surface area contributed by atoms with Crippen LogP contribution in [0, 0.1) is 10.1 Å². The third-order valence-electron chi connectivity index (χ3n) is 2.70. The van der Waals surface area contributed by atoms with Crippen molar-refractivity contribution in [1.82, 2.24) is 0 Å². The average molecular weight is 352 g/mol. The van der Waals surface area contributed by atoms with E-state index in [0.29, 0.717) is 15.7 Å². The number of non-ortho nitro benzene ring substituents is 1. The number of benzene rings is 2. The summed E-state index contributed by atoms with van der Waals surface area (Å²) in [6.45, 7) is 0. The second-order valence-electron chi connectivity index (χ2n) is 4.15. The van der Waals surface area contributed by atoms with Gasteiger partial charge in [0.05, 0.1) is 10.6 Å². The first-order valence-electron chi connectivity index (χ1n) is 5.72. The monoisotopic (exact) mass is 351 g/mol. The standard InChI is InChI=1S/C13H10BrN3O4/c14-9-5-7(1-3-10(9)15)13(19)16-11-6-8(17(20)21)2-4-12(11)18/h1-6,18H,15H2,(H,16,19). The number of hydrogen-bond acceptors (Lipinski definition) is 5. The summed E-state index contributed by atoms with van der Waals surface area (Å²) in [5, 5.41) is 22.8. The second-order valence-corrected chi connectivity index (χ2v) is 5.00. The lowest BCUT2D eigenvalue weighted by Crippen LogP contribution is -2.12. The predicted molar refractivity (Wildman–Crippen MR) is 81.3 cm³/mol. The molecule has 21 heavy (non-hydrogen) atoms. The highest BCUT2D eigenvalue weighted by Gasteiger charge is 2.14. The van der Waals surface area contributed by atoms with Gasteiger partial charge in [-0.25, -0.2) is 0 Å². The maximum Gasteiger partial charge on any atom is 0.271 e. The molecule has 0 atom stereocenters. The maximum atomic E-state index is 12.1. The van der Waals surface area contributed by atoms with E-state index >= 15 is 0 Å². The lowest BCUT2D eigenvalue weighted by atomic mass is 10.2. The molecular weight excluding hydrogens is 342 g/mol. The SMILES string of the molecule is Nc1ccc(C(=O)Nc2cc([N+](=O)[O-])ccc2O)cc1Br. The van der Waals surface area contributed by atoms with E-state index in [1.54, 1.807) is 6.07 Å². The Balaban J connectivity index is 2.28. The Morgan fingerprint density at radius 1 is 1.29 bits per heavy atom. The summed E-state index contributed by atoms with van der Waals surface area (Å²) in [7, 11) is 0. The number of phenolic OH excluding ortho intramolecular Hbond substituents is 1. The largest absolute Gasteiger partial charge is 0.506 e. The molecule has 0 saturated carbocycles. The summed E-state index contributed by atoms with van der Waals surface area (Å²) in [6.07, 6.45) is 0. The number of aromatic hydroxyl groups is 1. The predicted octanol–water partition coefficient (Wildman–Crippen LogP) is 2.90. The van der Waals surface area contributed by atoms with Crippen LogP contribution >= 0.6 is 15.9 Å². The molecule has 0 aromatic heterocycles. The van der Waals surface area contributed by atoms with E-state index in [1.165, 1.54) is 12.1 Å². The van der Waals surface area contributed by atoms with Crippen LogP contribution in [0.1, 0.15) is 10.4 Å². The van der Waals surface area contributed by atoms with Crippen molar-refractivity contribution < 1.29 is 14.8 Å². The number of hydrogen-bond donors (Lipinski definition) is 3. The van der Waals surface area contributed by atoms with Crippen LogP contribution in [0.5, 0.6) is 5.75 Å². The highest BCUT2D eigenvalue weighted by Crippen LogP contribution is 2.28. The van der Waals surface area contributed by atoms with Crippen LogP contribution in [0.3, 0.4) is 0 Å². The molecule has 1 amide bonds. The lowest BCUT2D eigenvalue weighted by molar-refractivity contribution is -0.384. The molecule has 2 aromatic rings. The van der Waals surface area contributed by atoms with Gasteiger partial charge in [-0.15, -0.1) is 0 Å². The Bertz CT molecular complexity index is 733. The van der Waals surface area contributed by atoms with E-state index in [4.69, 9.17) is 5.73 Å². The van der Waals surface area contributed by atoms with Crippen molar-refractivity contribution in [2.45, 2.75) is 0 Å². The van der Waals surface area contributed by atoms with Crippen molar-refractivity contribution in [3.63, 3.8) is 0 Å². The number of nitrogens with one attached hydrogen (secondary N) is 1. The van der Waals surface area contributed by atoms with E-state index in [2.05, 4.69) is 21.2 Å². The minimum atomic E-state index is -0.616. The Morgan fingerprint density at radius 3 is 2.62 bits per heavy atom. The molecule has 0 aliphatic rings. The van der Waals surface area contributed by atoms with E-state index < -0.39 is 10.8 Å². The summed E-state index contributed by atoms with van der Waals surface area (Å²) in [4.78, 5) is 22.1. The molecule has 0 heterocycles. The van der Waals surface area contributed by atoms with Gasteiger partial charge in [0, 0.05) is 27.9 Å². The van der Waals surface area contributed by atoms with Crippen LogP contribution in [0.15, 0.2) is 40.9 Å². The van der Waals surface area contributed by atoms with Crippen LogP contribution in [0.25, 0.3) is 0 Å². The zero-order valence-electron chi connectivity index (χ0n) is 10.5. The van der Waals surface area contributed by atoms with Crippen molar-refractivity contribution in [2.75, 3.05) is 11.1 Å². The molecule has 0 saturated heterocycles. The van der Waals surface area contributed by atoms with Gasteiger partial charge in [-0.05, 0) is 40.2 Å². The third-order valence-corrected chi connectivity index (χ3v) is 3.39. The van der Waals surface area contributed by atoms with Gasteiger partial charge in [0.1, 0.15) is 5.75 Å². The Kier molecular flexibility index (Phi) is 4.08. The van der Waals surface area contributed by atoms with Crippen molar-refractivity contribution >= 4 is 38.9 Å². The maximum absolute atomic E-state index is 12.1. The first-order valence-corrected chi connectivity index (χ1v) is 6.51. The van der Waals surface area contributed by atoms with Gasteiger partial charge in [0.25, 0.3) is 11.6 Å². The number of halogens is 1. The van der Waals surface area contributed by atoms with E-state index in [1.807, 2.05) is 0 Å². The Labute approximate surface area is 127 Å². The summed E-state index contributed by atoms with van der Waals surface area (Å²) in [6, 6.07) is 7.94. The fourth-order valence-corrected chi connectivity index (χ4v) is 1.98. The van der Waals surface area contributed by atoms with Gasteiger partial charge >= 0.3 is 0 Å². The first-order chi connectivity index (χ1) is 9.88. The Morgan fingerprint density at radius 2 is 2.00 bits per heavy atom. The fraction of sp³-hybridized carbons (Fsp3) is 0. The highest BCUT2D eigenvalue weighted by atomic mass is 79.9. The topological polar surface area (TPSA) is 118 Å². The number of anilines is 2. The van der Waals surface area contributed by atoms with Gasteiger partial charge in [-0.2, -0.15) is 0 Å². The number of phenols is 1. The van der Waals surface area contributed by atoms with E-state index in [0.717, 1.165) is 18.2 Å². The molecule has 0 bridgehead atoms. The number of amides is 1. The Hall–Kier alpha value is -2.61. The van der Waals surface area contributed by atoms with Crippen molar-refractivity contribution in [1.29, 1.82) is 0 Å². The molecule has 8 heteroatoms. The number of carbonyl (C=O) groups is 1. The number of nitro benzene ring substituents is 1. The quantitative estimate of drug-likeness (QED) is 0.340. The minimum absolute atomic E-state index is 0.0397. The molecule has 2 aromatic carbocycles. The van der Waals surface area contributed by atoms with Gasteiger partial charge in [0.2, 0.25) is 0 Å². The average Bonchev–Trinajstić information content (AvgIpc) is 2.43. The molecule has 0 radical (unpaired) electrons. The molecule has 0 unspecified atom stereocenters. The number of carbonyl (C=O) groups excluding carboxylic acids is 1. The summed E-state index contributed by atoms with van der Waals surface area (Å²) < 4.78 is 0.554. The van der Waals surface area contributed by atoms with Crippen LogP contribution in [0.4, 0.5) is 17.1 Å². The third kappa shape index (κ3) is 3.29. The molecular formula is C13H10BrN3O4. The fourth-order valence-electron chi connectivity index (χ4n) is 1.60. The van der Waals surface area contributed by atoms with Crippen LogP contribution < -0.4 is 11.1 Å². The van der Waals surface area contributed by atoms with E-state index in [-0.39, 0.29) is 17.1 Å². The molecule has 0 aliphatic heterocycles. The van der Waals surface area contributed by atoms with Crippen LogP contribution in [0.2, 0.25) is 0 Å². The van der Waals surface area contributed by atoms with Gasteiger partial charge in [-0.3, -0.25) is 14.9 Å². The van der Waals surface area contributed by atoms with Crippen LogP contribution in [-0.2, 0) is 0 Å². The summed E-state index contributed by atoms with van der Waals surface area (Å²) in [5.74, 6) is -0.782. The summed E-state index contributed by atoms with van der Waals surface area (Å²) >= 11 is 3.20. The smallest absolute Gasteiger partial charge is 0.271 e. The number of rotatable bonds is 3. The molecule has 0 spiro atoms. The van der Waals surface area contributed by atoms with E-state index in [9.17, 15) is 20.0 Å². The molecule has 0 fully saturated rings.